The average molecular weight is 259 g/mol. The van der Waals surface area contributed by atoms with Gasteiger partial charge >= 0.3 is 0 Å². The van der Waals surface area contributed by atoms with Crippen LogP contribution in [0.3, 0.4) is 0 Å². The molecule has 0 radical (unpaired) electrons. The number of nitrogens with zero attached hydrogens (tertiary/aromatic N) is 2. The third-order valence-corrected chi connectivity index (χ3v) is 3.29. The van der Waals surface area contributed by atoms with Crippen LogP contribution in [0.1, 0.15) is 9.75 Å². The first-order valence-corrected chi connectivity index (χ1v) is 5.98. The molecule has 0 fully saturated rings. The molecule has 0 bridgehead atoms. The van der Waals surface area contributed by atoms with Gasteiger partial charge in [-0.25, -0.2) is 0 Å². The Kier molecular flexibility index (Phi) is 3.55. The molecular weight excluding hydrogens is 250 g/mol. The summed E-state index contributed by atoms with van der Waals surface area (Å²) in [6.45, 7) is 0.549. The summed E-state index contributed by atoms with van der Waals surface area (Å²) < 4.78 is 0. The summed E-state index contributed by atoms with van der Waals surface area (Å²) in [6.07, 6.45) is 0. The van der Waals surface area contributed by atoms with E-state index in [9.17, 15) is 10.1 Å². The Labute approximate surface area is 107 Å². The minimum Gasteiger partial charge on any atom is -0.380 e. The fourth-order valence-corrected chi connectivity index (χ4v) is 2.20. The lowest BCUT2D eigenvalue weighted by molar-refractivity contribution is -0.384. The second kappa shape index (κ2) is 5.29. The van der Waals surface area contributed by atoms with Gasteiger partial charge in [0.2, 0.25) is 0 Å². The van der Waals surface area contributed by atoms with Gasteiger partial charge in [0.1, 0.15) is 10.9 Å². The van der Waals surface area contributed by atoms with Crippen molar-refractivity contribution in [3.05, 3.63) is 56.3 Å². The van der Waals surface area contributed by atoms with Crippen molar-refractivity contribution in [1.82, 2.24) is 0 Å². The quantitative estimate of drug-likeness (QED) is 0.675. The van der Waals surface area contributed by atoms with Crippen LogP contribution >= 0.6 is 11.3 Å². The topological polar surface area (TPSA) is 79.0 Å². The van der Waals surface area contributed by atoms with Crippen molar-refractivity contribution < 1.29 is 4.92 Å². The molecule has 2 aromatic rings. The Bertz CT molecular complexity index is 616. The van der Waals surface area contributed by atoms with Gasteiger partial charge in [-0.15, -0.1) is 11.3 Å². The zero-order valence-electron chi connectivity index (χ0n) is 9.29. The van der Waals surface area contributed by atoms with Crippen LogP contribution in [0, 0.1) is 21.4 Å². The van der Waals surface area contributed by atoms with Gasteiger partial charge in [0.25, 0.3) is 5.69 Å². The fraction of sp³-hybridized carbons (Fsp3) is 0.0833. The van der Waals surface area contributed by atoms with Crippen LogP contribution < -0.4 is 5.32 Å². The third-order valence-electron chi connectivity index (χ3n) is 2.30. The Morgan fingerprint density at radius 3 is 2.89 bits per heavy atom. The molecule has 1 N–H and O–H groups in total. The van der Waals surface area contributed by atoms with Gasteiger partial charge in [-0.3, -0.25) is 10.1 Å². The first-order chi connectivity index (χ1) is 8.69. The molecule has 0 aliphatic rings. The zero-order valence-corrected chi connectivity index (χ0v) is 10.1. The maximum absolute atomic E-state index is 10.6. The minimum absolute atomic E-state index is 0.0592. The fourth-order valence-electron chi connectivity index (χ4n) is 1.45. The summed E-state index contributed by atoms with van der Waals surface area (Å²) in [5, 5.41) is 22.4. The number of thiophene rings is 1. The van der Waals surface area contributed by atoms with Crippen molar-refractivity contribution in [2.45, 2.75) is 6.54 Å². The van der Waals surface area contributed by atoms with E-state index in [0.29, 0.717) is 17.1 Å². The smallest absolute Gasteiger partial charge is 0.271 e. The van der Waals surface area contributed by atoms with Crippen molar-refractivity contribution >= 4 is 22.7 Å². The van der Waals surface area contributed by atoms with E-state index in [1.165, 1.54) is 23.5 Å². The molecule has 1 aromatic heterocycles. The van der Waals surface area contributed by atoms with Gasteiger partial charge in [0.15, 0.2) is 0 Å². The number of nitro benzene ring substituents is 1. The standard InChI is InChI=1S/C12H9N3O2S/c13-7-11-4-5-12(18-11)8-14-9-2-1-3-10(6-9)15(16)17/h1-6,14H,8H2. The monoisotopic (exact) mass is 259 g/mol. The van der Waals surface area contributed by atoms with Gasteiger partial charge < -0.3 is 5.32 Å². The summed E-state index contributed by atoms with van der Waals surface area (Å²) in [7, 11) is 0. The molecule has 90 valence electrons. The van der Waals surface area contributed by atoms with E-state index in [4.69, 9.17) is 5.26 Å². The lowest BCUT2D eigenvalue weighted by atomic mass is 10.3. The van der Waals surface area contributed by atoms with Crippen molar-refractivity contribution in [3.63, 3.8) is 0 Å². The molecule has 0 saturated carbocycles. The molecule has 1 aromatic carbocycles. The van der Waals surface area contributed by atoms with E-state index in [0.717, 1.165) is 4.88 Å². The molecule has 0 aliphatic carbocycles. The van der Waals surface area contributed by atoms with Crippen LogP contribution in [0.4, 0.5) is 11.4 Å². The predicted octanol–water partition coefficient (Wildman–Crippen LogP) is 3.14. The van der Waals surface area contributed by atoms with Crippen molar-refractivity contribution in [2.24, 2.45) is 0 Å². The van der Waals surface area contributed by atoms with Crippen LogP contribution in [-0.2, 0) is 6.54 Å². The molecule has 0 spiro atoms. The molecule has 2 rings (SSSR count). The maximum atomic E-state index is 10.6. The zero-order chi connectivity index (χ0) is 13.0. The second-order valence-corrected chi connectivity index (χ2v) is 4.71. The highest BCUT2D eigenvalue weighted by molar-refractivity contribution is 7.12. The first-order valence-electron chi connectivity index (χ1n) is 5.16. The minimum atomic E-state index is -0.426. The summed E-state index contributed by atoms with van der Waals surface area (Å²) in [5.41, 5.74) is 0.750. The van der Waals surface area contributed by atoms with Crippen molar-refractivity contribution in [2.75, 3.05) is 5.32 Å². The molecule has 0 atom stereocenters. The lowest BCUT2D eigenvalue weighted by Gasteiger charge is -2.03. The highest BCUT2D eigenvalue weighted by Crippen LogP contribution is 2.20. The Morgan fingerprint density at radius 2 is 2.22 bits per heavy atom. The normalized spacial score (nSPS) is 9.72. The number of non-ortho nitro benzene ring substituents is 1. The van der Waals surface area contributed by atoms with E-state index in [1.54, 1.807) is 18.2 Å². The van der Waals surface area contributed by atoms with E-state index in [-0.39, 0.29) is 5.69 Å². The van der Waals surface area contributed by atoms with Crippen LogP contribution in [-0.4, -0.2) is 4.92 Å². The molecule has 1 heterocycles. The first kappa shape index (κ1) is 12.1. The highest BCUT2D eigenvalue weighted by atomic mass is 32.1. The Morgan fingerprint density at radius 1 is 1.39 bits per heavy atom. The Balaban J connectivity index is 2.04. The van der Waals surface area contributed by atoms with E-state index in [1.807, 2.05) is 6.07 Å². The number of nitriles is 1. The summed E-state index contributed by atoms with van der Waals surface area (Å²) in [5.74, 6) is 0. The Hall–Kier alpha value is -2.39. The van der Waals surface area contributed by atoms with Gasteiger partial charge in [-0.05, 0) is 18.2 Å². The third kappa shape index (κ3) is 2.84. The largest absolute Gasteiger partial charge is 0.380 e. The summed E-state index contributed by atoms with van der Waals surface area (Å²) in [6, 6.07) is 12.0. The number of nitrogens with one attached hydrogen (secondary N) is 1. The van der Waals surface area contributed by atoms with Crippen molar-refractivity contribution in [1.29, 1.82) is 5.26 Å². The molecule has 0 saturated heterocycles. The summed E-state index contributed by atoms with van der Waals surface area (Å²) in [4.78, 5) is 11.9. The summed E-state index contributed by atoms with van der Waals surface area (Å²) >= 11 is 1.41. The molecule has 0 amide bonds. The number of benzene rings is 1. The van der Waals surface area contributed by atoms with Gasteiger partial charge in [-0.1, -0.05) is 6.07 Å². The average Bonchev–Trinajstić information content (AvgIpc) is 2.84. The molecule has 5 nitrogen and oxygen atoms in total. The number of nitro groups is 1. The molecule has 0 unspecified atom stereocenters. The molecule has 6 heteroatoms. The van der Waals surface area contributed by atoms with E-state index >= 15 is 0 Å². The second-order valence-electron chi connectivity index (χ2n) is 3.54. The van der Waals surface area contributed by atoms with Crippen LogP contribution in [0.25, 0.3) is 0 Å². The van der Waals surface area contributed by atoms with E-state index in [2.05, 4.69) is 11.4 Å². The van der Waals surface area contributed by atoms with Gasteiger partial charge in [0, 0.05) is 29.2 Å². The van der Waals surface area contributed by atoms with Crippen molar-refractivity contribution in [3.8, 4) is 6.07 Å². The lowest BCUT2D eigenvalue weighted by Crippen LogP contribution is -1.98. The predicted molar refractivity (Wildman–Crippen MR) is 69.5 cm³/mol. The van der Waals surface area contributed by atoms with Crippen LogP contribution in [0.15, 0.2) is 36.4 Å². The van der Waals surface area contributed by atoms with Crippen LogP contribution in [0.2, 0.25) is 0 Å². The van der Waals surface area contributed by atoms with Gasteiger partial charge in [-0.2, -0.15) is 5.26 Å². The number of hydrogen-bond donors (Lipinski definition) is 1. The van der Waals surface area contributed by atoms with Gasteiger partial charge in [0.05, 0.1) is 4.92 Å². The highest BCUT2D eigenvalue weighted by Gasteiger charge is 2.05. The SMILES string of the molecule is N#Cc1ccc(CNc2cccc([N+](=O)[O-])c2)s1. The number of hydrogen-bond acceptors (Lipinski definition) is 5. The van der Waals surface area contributed by atoms with E-state index < -0.39 is 4.92 Å². The number of anilines is 1. The van der Waals surface area contributed by atoms with Crippen LogP contribution in [0.5, 0.6) is 0 Å². The maximum Gasteiger partial charge on any atom is 0.271 e. The number of rotatable bonds is 4. The molecular formula is C12H9N3O2S. The molecule has 0 aliphatic heterocycles. The molecule has 18 heavy (non-hydrogen) atoms.